The van der Waals surface area contributed by atoms with E-state index in [1.54, 1.807) is 19.1 Å². The fraction of sp³-hybridized carbons (Fsp3) is 0.773. The molecule has 4 heterocycles. The molecular formula is C44H68O21. The van der Waals surface area contributed by atoms with Gasteiger partial charge in [0.2, 0.25) is 12.6 Å². The maximum atomic E-state index is 11.9. The van der Waals surface area contributed by atoms with E-state index in [4.69, 9.17) is 37.9 Å². The van der Waals surface area contributed by atoms with Gasteiger partial charge in [-0.05, 0) is 63.1 Å². The van der Waals surface area contributed by atoms with Gasteiger partial charge >= 0.3 is 0 Å². The maximum absolute atomic E-state index is 11.9. The van der Waals surface area contributed by atoms with Crippen molar-refractivity contribution < 1.29 is 104 Å². The highest BCUT2D eigenvalue weighted by molar-refractivity contribution is 5.53. The zero-order valence-corrected chi connectivity index (χ0v) is 36.9. The third kappa shape index (κ3) is 10.9. The lowest BCUT2D eigenvalue weighted by atomic mass is 9.73. The largest absolute Gasteiger partial charge is 0.462 e. The molecule has 0 amide bonds. The van der Waals surface area contributed by atoms with Crippen LogP contribution in [0.25, 0.3) is 0 Å². The molecule has 1 aliphatic carbocycles. The van der Waals surface area contributed by atoms with Crippen LogP contribution in [0.4, 0.5) is 0 Å². The average Bonchev–Trinajstić information content (AvgIpc) is 3.28. The zero-order chi connectivity index (χ0) is 47.6. The Bertz CT molecular complexity index is 1650. The first-order valence-electron chi connectivity index (χ1n) is 22.3. The van der Waals surface area contributed by atoms with Crippen molar-refractivity contribution in [2.75, 3.05) is 19.8 Å². The molecule has 13 N–H and O–H groups in total. The summed E-state index contributed by atoms with van der Waals surface area (Å²) in [4.78, 5) is 0. The van der Waals surface area contributed by atoms with Crippen LogP contribution in [-0.2, 0) is 34.8 Å². The van der Waals surface area contributed by atoms with E-state index < -0.39 is 149 Å². The first kappa shape index (κ1) is 51.9. The van der Waals surface area contributed by atoms with Crippen molar-refractivity contribution in [1.82, 2.24) is 0 Å². The Labute approximate surface area is 376 Å². The minimum atomic E-state index is -1.90. The summed E-state index contributed by atoms with van der Waals surface area (Å²) >= 11 is 0. The van der Waals surface area contributed by atoms with Crippen LogP contribution >= 0.6 is 0 Å². The van der Waals surface area contributed by atoms with Crippen LogP contribution in [-0.4, -0.2) is 209 Å². The zero-order valence-electron chi connectivity index (χ0n) is 36.9. The molecule has 4 saturated heterocycles. The summed E-state index contributed by atoms with van der Waals surface area (Å²) in [7, 11) is 0. The highest BCUT2D eigenvalue weighted by Crippen LogP contribution is 2.49. The monoisotopic (exact) mass is 932 g/mol. The number of aliphatic hydroxyl groups excluding tert-OH is 13. The summed E-state index contributed by atoms with van der Waals surface area (Å²) in [5.74, 6) is -0.509. The van der Waals surface area contributed by atoms with Gasteiger partial charge in [0, 0.05) is 11.5 Å². The van der Waals surface area contributed by atoms with Gasteiger partial charge in [0.15, 0.2) is 12.6 Å². The fourth-order valence-corrected chi connectivity index (χ4v) is 9.25. The standard InChI is InChI=1S/C44H68O21/c1-6-8-19-12-23(59-43-37(56)39(31(50)22(7-2)58-43)64-41-35(54)33(52)29(48)25(14-45)61-41)28(21-11-18(5)9-10-20(21)17(3)4)24(13-19)60-44-38(57)40(32(51)27(16-47)63-44)65-42-36(55)34(53)30(49)26(15-46)62-42/h11-13,20-22,25-27,29-57H,3,6-10,14-16H2,1-2,4-5H3/t20-,21+,22+,25+,26+,27+,29+,30+,31+,32+,33-,34-,35+,36+,37+,38+,39-,40-,41-,42-,43-,44+/m0/s1. The minimum absolute atomic E-state index is 0.100. The Morgan fingerprint density at radius 1 is 0.600 bits per heavy atom. The second kappa shape index (κ2) is 22.3. The number of benzene rings is 1. The predicted octanol–water partition coefficient (Wildman–Crippen LogP) is -2.92. The number of allylic oxidation sites excluding steroid dienone is 3. The van der Waals surface area contributed by atoms with Crippen molar-refractivity contribution in [1.29, 1.82) is 0 Å². The van der Waals surface area contributed by atoms with E-state index >= 15 is 0 Å². The van der Waals surface area contributed by atoms with Gasteiger partial charge in [0.1, 0.15) is 103 Å². The van der Waals surface area contributed by atoms with Gasteiger partial charge in [-0.15, -0.1) is 0 Å². The average molecular weight is 933 g/mol. The molecule has 0 radical (unpaired) electrons. The lowest BCUT2D eigenvalue weighted by Gasteiger charge is -2.46. The summed E-state index contributed by atoms with van der Waals surface area (Å²) in [6.07, 6.45) is -28.3. The van der Waals surface area contributed by atoms with Crippen molar-refractivity contribution >= 4 is 0 Å². The molecule has 0 bridgehead atoms. The van der Waals surface area contributed by atoms with Gasteiger partial charge < -0.3 is 104 Å². The summed E-state index contributed by atoms with van der Waals surface area (Å²) < 4.78 is 48.2. The van der Waals surface area contributed by atoms with E-state index in [1.165, 1.54) is 0 Å². The van der Waals surface area contributed by atoms with Crippen molar-refractivity contribution in [3.8, 4) is 11.5 Å². The van der Waals surface area contributed by atoms with E-state index in [9.17, 15) is 66.4 Å². The minimum Gasteiger partial charge on any atom is -0.462 e. The van der Waals surface area contributed by atoms with Crippen molar-refractivity contribution in [3.05, 3.63) is 47.1 Å². The fourth-order valence-electron chi connectivity index (χ4n) is 9.25. The number of hydrogen-bond donors (Lipinski definition) is 13. The summed E-state index contributed by atoms with van der Waals surface area (Å²) in [6.45, 7) is 9.43. The molecule has 0 saturated carbocycles. The van der Waals surface area contributed by atoms with Crippen LogP contribution < -0.4 is 9.47 Å². The summed E-state index contributed by atoms with van der Waals surface area (Å²) in [5.41, 5.74) is 2.86. The van der Waals surface area contributed by atoms with E-state index in [-0.39, 0.29) is 23.8 Å². The maximum Gasteiger partial charge on any atom is 0.229 e. The number of rotatable bonds is 16. The Morgan fingerprint density at radius 3 is 1.46 bits per heavy atom. The Balaban J connectivity index is 1.40. The van der Waals surface area contributed by atoms with E-state index in [0.717, 1.165) is 17.6 Å². The van der Waals surface area contributed by atoms with Gasteiger partial charge in [-0.2, -0.15) is 0 Å². The van der Waals surface area contributed by atoms with E-state index in [1.807, 2.05) is 26.8 Å². The molecule has 6 rings (SSSR count). The Hall–Kier alpha value is -2.46. The van der Waals surface area contributed by atoms with Crippen LogP contribution in [0.5, 0.6) is 11.5 Å². The van der Waals surface area contributed by atoms with Crippen LogP contribution in [0.1, 0.15) is 70.4 Å². The predicted molar refractivity (Wildman–Crippen MR) is 222 cm³/mol. The van der Waals surface area contributed by atoms with Crippen LogP contribution in [0.3, 0.4) is 0 Å². The van der Waals surface area contributed by atoms with Crippen molar-refractivity contribution in [3.63, 3.8) is 0 Å². The van der Waals surface area contributed by atoms with Gasteiger partial charge in [0.25, 0.3) is 0 Å². The highest BCUT2D eigenvalue weighted by Gasteiger charge is 2.53. The molecule has 65 heavy (non-hydrogen) atoms. The van der Waals surface area contributed by atoms with Crippen LogP contribution in [0.2, 0.25) is 0 Å². The number of hydrogen-bond acceptors (Lipinski definition) is 21. The van der Waals surface area contributed by atoms with Crippen molar-refractivity contribution in [2.45, 2.75) is 189 Å². The molecule has 0 spiro atoms. The van der Waals surface area contributed by atoms with Gasteiger partial charge in [-0.1, -0.05) is 44.1 Å². The van der Waals surface area contributed by atoms with Crippen molar-refractivity contribution in [2.24, 2.45) is 5.92 Å². The molecule has 22 atom stereocenters. The molecule has 21 nitrogen and oxygen atoms in total. The van der Waals surface area contributed by atoms with Gasteiger partial charge in [0.05, 0.1) is 25.9 Å². The highest BCUT2D eigenvalue weighted by atomic mass is 16.8. The number of ether oxygens (including phenoxy) is 8. The van der Waals surface area contributed by atoms with Crippen LogP contribution in [0, 0.1) is 5.92 Å². The molecule has 4 fully saturated rings. The molecule has 0 unspecified atom stereocenters. The molecule has 1 aromatic rings. The Morgan fingerprint density at radius 2 is 1.03 bits per heavy atom. The van der Waals surface area contributed by atoms with E-state index in [2.05, 4.69) is 6.58 Å². The third-order valence-corrected chi connectivity index (χ3v) is 13.0. The molecular weight excluding hydrogens is 864 g/mol. The normalized spacial score (nSPS) is 43.7. The lowest BCUT2D eigenvalue weighted by molar-refractivity contribution is -0.353. The van der Waals surface area contributed by atoms with Crippen LogP contribution in [0.15, 0.2) is 35.9 Å². The third-order valence-electron chi connectivity index (χ3n) is 13.0. The summed E-state index contributed by atoms with van der Waals surface area (Å²) in [5, 5.41) is 139. The molecule has 370 valence electrons. The van der Waals surface area contributed by atoms with E-state index in [0.29, 0.717) is 30.4 Å². The second-order valence-electron chi connectivity index (χ2n) is 17.8. The quantitative estimate of drug-likeness (QED) is 0.0739. The van der Waals surface area contributed by atoms with Gasteiger partial charge in [-0.3, -0.25) is 0 Å². The second-order valence-corrected chi connectivity index (χ2v) is 17.8. The molecule has 0 aromatic heterocycles. The molecule has 4 aliphatic heterocycles. The topological polar surface area (TPSA) is 337 Å². The molecule has 5 aliphatic rings. The number of aryl methyl sites for hydroxylation is 1. The van der Waals surface area contributed by atoms with Gasteiger partial charge in [-0.25, -0.2) is 0 Å². The Kier molecular flexibility index (Phi) is 17.8. The molecule has 21 heteroatoms. The SMILES string of the molecule is C=C(C)[C@@H]1CCC(C)=C[C@H]1c1c(O[C@@H]2O[C@H](CC)[C@@H](O)[C@H](O[C@@H]3O[C@H](CO)[C@@H](O)[C@H](O)[C@H]3O)[C@H]2O)cc(CCC)cc1O[C@@H]1O[C@H](CO)[C@@H](O)[C@H](O[C@@H]2O[C@H](CO)[C@@H](O)[C@H](O)[C@H]2O)[C@H]1O. The smallest absolute Gasteiger partial charge is 0.229 e. The first-order valence-corrected chi connectivity index (χ1v) is 22.3. The first-order chi connectivity index (χ1) is 30.9. The lowest BCUT2D eigenvalue weighted by Crippen LogP contribution is -2.65. The molecule has 1 aromatic carbocycles. The number of aliphatic hydroxyl groups is 13. The summed E-state index contributed by atoms with van der Waals surface area (Å²) in [6, 6.07) is 3.45.